The number of hydrogen-bond acceptors (Lipinski definition) is 4. The second-order valence-electron chi connectivity index (χ2n) is 6.15. The Morgan fingerprint density at radius 1 is 0.963 bits per heavy atom. The number of thiazole rings is 1. The van der Waals surface area contributed by atoms with Gasteiger partial charge in [-0.15, -0.1) is 0 Å². The van der Waals surface area contributed by atoms with Gasteiger partial charge in [-0.05, 0) is 61.5 Å². The standard InChI is InChI=1S/C21H16FN3OS/c1-13-2-4-14(5-3-13)20(26)25-21-24-18-11-10-17(12-19(18)27-21)23-16-8-6-15(22)7-9-16/h2-12,23H,1H3,(H,24,25,26). The predicted molar refractivity (Wildman–Crippen MR) is 108 cm³/mol. The van der Waals surface area contributed by atoms with Gasteiger partial charge in [0.2, 0.25) is 0 Å². The highest BCUT2D eigenvalue weighted by Gasteiger charge is 2.10. The van der Waals surface area contributed by atoms with Crippen molar-refractivity contribution in [2.24, 2.45) is 0 Å². The van der Waals surface area contributed by atoms with Gasteiger partial charge in [0.15, 0.2) is 5.13 Å². The summed E-state index contributed by atoms with van der Waals surface area (Å²) in [6, 6.07) is 19.3. The molecule has 134 valence electrons. The quantitative estimate of drug-likeness (QED) is 0.477. The van der Waals surface area contributed by atoms with Crippen LogP contribution in [0, 0.1) is 12.7 Å². The Labute approximate surface area is 159 Å². The number of carbonyl (C=O) groups excluding carboxylic acids is 1. The smallest absolute Gasteiger partial charge is 0.257 e. The highest BCUT2D eigenvalue weighted by Crippen LogP contribution is 2.30. The third-order valence-electron chi connectivity index (χ3n) is 4.06. The number of nitrogens with zero attached hydrogens (tertiary/aromatic N) is 1. The molecule has 0 fully saturated rings. The average Bonchev–Trinajstić information content (AvgIpc) is 3.05. The van der Waals surface area contributed by atoms with E-state index >= 15 is 0 Å². The van der Waals surface area contributed by atoms with E-state index in [4.69, 9.17) is 0 Å². The fourth-order valence-electron chi connectivity index (χ4n) is 2.63. The van der Waals surface area contributed by atoms with Gasteiger partial charge in [-0.25, -0.2) is 9.37 Å². The molecule has 0 radical (unpaired) electrons. The lowest BCUT2D eigenvalue weighted by Gasteiger charge is -2.05. The van der Waals surface area contributed by atoms with Crippen molar-refractivity contribution in [1.82, 2.24) is 4.98 Å². The monoisotopic (exact) mass is 377 g/mol. The first-order valence-corrected chi connectivity index (χ1v) is 9.20. The zero-order valence-electron chi connectivity index (χ0n) is 14.5. The topological polar surface area (TPSA) is 54.0 Å². The summed E-state index contributed by atoms with van der Waals surface area (Å²) in [5.41, 5.74) is 4.18. The molecule has 0 aliphatic carbocycles. The number of nitrogens with one attached hydrogen (secondary N) is 2. The van der Waals surface area contributed by atoms with Crippen LogP contribution in [0.5, 0.6) is 0 Å². The van der Waals surface area contributed by atoms with Crippen LogP contribution in [0.2, 0.25) is 0 Å². The summed E-state index contributed by atoms with van der Waals surface area (Å²) in [6.07, 6.45) is 0. The summed E-state index contributed by atoms with van der Waals surface area (Å²) in [7, 11) is 0. The van der Waals surface area contributed by atoms with E-state index in [-0.39, 0.29) is 11.7 Å². The molecule has 0 saturated carbocycles. The van der Waals surface area contributed by atoms with Crippen molar-refractivity contribution in [3.8, 4) is 0 Å². The van der Waals surface area contributed by atoms with Crippen molar-refractivity contribution in [3.05, 3.63) is 83.7 Å². The number of aromatic nitrogens is 1. The van der Waals surface area contributed by atoms with E-state index in [0.29, 0.717) is 10.7 Å². The normalized spacial score (nSPS) is 10.7. The fraction of sp³-hybridized carbons (Fsp3) is 0.0476. The molecule has 1 aromatic heterocycles. The van der Waals surface area contributed by atoms with E-state index in [1.807, 2.05) is 37.3 Å². The van der Waals surface area contributed by atoms with Gasteiger partial charge in [0.1, 0.15) is 5.82 Å². The zero-order valence-corrected chi connectivity index (χ0v) is 15.3. The van der Waals surface area contributed by atoms with Crippen molar-refractivity contribution in [2.45, 2.75) is 6.92 Å². The average molecular weight is 377 g/mol. The van der Waals surface area contributed by atoms with E-state index in [2.05, 4.69) is 15.6 Å². The molecular weight excluding hydrogens is 361 g/mol. The summed E-state index contributed by atoms with van der Waals surface area (Å²) in [5, 5.41) is 6.63. The Balaban J connectivity index is 1.52. The van der Waals surface area contributed by atoms with E-state index in [0.717, 1.165) is 27.2 Å². The molecule has 0 unspecified atom stereocenters. The zero-order chi connectivity index (χ0) is 18.8. The van der Waals surface area contributed by atoms with Gasteiger partial charge in [0.25, 0.3) is 5.91 Å². The molecule has 0 saturated heterocycles. The first kappa shape index (κ1) is 17.2. The molecule has 2 N–H and O–H groups in total. The van der Waals surface area contributed by atoms with Gasteiger partial charge in [-0.3, -0.25) is 10.1 Å². The maximum absolute atomic E-state index is 13.0. The van der Waals surface area contributed by atoms with Gasteiger partial charge in [-0.2, -0.15) is 0 Å². The highest BCUT2D eigenvalue weighted by atomic mass is 32.1. The van der Waals surface area contributed by atoms with Crippen molar-refractivity contribution >= 4 is 44.0 Å². The fourth-order valence-corrected chi connectivity index (χ4v) is 3.53. The molecule has 6 heteroatoms. The van der Waals surface area contributed by atoms with E-state index in [1.54, 1.807) is 24.3 Å². The number of fused-ring (bicyclic) bond motifs is 1. The summed E-state index contributed by atoms with van der Waals surface area (Å²) < 4.78 is 14.0. The van der Waals surface area contributed by atoms with Crippen LogP contribution in [-0.4, -0.2) is 10.9 Å². The van der Waals surface area contributed by atoms with Crippen molar-refractivity contribution in [3.63, 3.8) is 0 Å². The lowest BCUT2D eigenvalue weighted by molar-refractivity contribution is 0.102. The van der Waals surface area contributed by atoms with E-state index in [9.17, 15) is 9.18 Å². The Bertz CT molecular complexity index is 1100. The minimum Gasteiger partial charge on any atom is -0.355 e. The van der Waals surface area contributed by atoms with Crippen LogP contribution in [0.15, 0.2) is 66.7 Å². The molecule has 0 bridgehead atoms. The maximum atomic E-state index is 13.0. The van der Waals surface area contributed by atoms with Crippen LogP contribution in [0.25, 0.3) is 10.2 Å². The summed E-state index contributed by atoms with van der Waals surface area (Å²) in [5.74, 6) is -0.453. The lowest BCUT2D eigenvalue weighted by Crippen LogP contribution is -2.11. The Morgan fingerprint density at radius 2 is 1.67 bits per heavy atom. The number of rotatable bonds is 4. The van der Waals surface area contributed by atoms with Gasteiger partial charge >= 0.3 is 0 Å². The highest BCUT2D eigenvalue weighted by molar-refractivity contribution is 7.22. The molecule has 1 amide bonds. The third kappa shape index (κ3) is 3.96. The second-order valence-corrected chi connectivity index (χ2v) is 7.18. The molecule has 4 aromatic rings. The first-order valence-electron chi connectivity index (χ1n) is 8.38. The van der Waals surface area contributed by atoms with Gasteiger partial charge in [0.05, 0.1) is 10.2 Å². The number of amides is 1. The molecule has 27 heavy (non-hydrogen) atoms. The number of anilines is 3. The van der Waals surface area contributed by atoms with Crippen LogP contribution < -0.4 is 10.6 Å². The summed E-state index contributed by atoms with van der Waals surface area (Å²) >= 11 is 1.41. The third-order valence-corrected chi connectivity index (χ3v) is 4.99. The summed E-state index contributed by atoms with van der Waals surface area (Å²) in [4.78, 5) is 16.8. The van der Waals surface area contributed by atoms with Crippen LogP contribution in [0.3, 0.4) is 0 Å². The number of benzene rings is 3. The second kappa shape index (κ2) is 7.17. The van der Waals surface area contributed by atoms with Gasteiger partial charge in [0, 0.05) is 16.9 Å². The lowest BCUT2D eigenvalue weighted by atomic mass is 10.1. The van der Waals surface area contributed by atoms with Crippen molar-refractivity contribution in [1.29, 1.82) is 0 Å². The Morgan fingerprint density at radius 3 is 2.41 bits per heavy atom. The molecule has 1 heterocycles. The minimum atomic E-state index is -0.271. The number of halogens is 1. The van der Waals surface area contributed by atoms with Crippen LogP contribution in [0.4, 0.5) is 20.9 Å². The molecule has 0 aliphatic heterocycles. The number of hydrogen-bond donors (Lipinski definition) is 2. The molecule has 0 atom stereocenters. The molecule has 4 rings (SSSR count). The van der Waals surface area contributed by atoms with Crippen molar-refractivity contribution < 1.29 is 9.18 Å². The first-order chi connectivity index (χ1) is 13.1. The molecule has 0 spiro atoms. The van der Waals surface area contributed by atoms with Gasteiger partial charge < -0.3 is 5.32 Å². The SMILES string of the molecule is Cc1ccc(C(=O)Nc2nc3ccc(Nc4ccc(F)cc4)cc3s2)cc1. The van der Waals surface area contributed by atoms with Crippen LogP contribution >= 0.6 is 11.3 Å². The van der Waals surface area contributed by atoms with Crippen LogP contribution in [0.1, 0.15) is 15.9 Å². The predicted octanol–water partition coefficient (Wildman–Crippen LogP) is 5.74. The van der Waals surface area contributed by atoms with Gasteiger partial charge in [-0.1, -0.05) is 29.0 Å². The minimum absolute atomic E-state index is 0.182. The van der Waals surface area contributed by atoms with Crippen LogP contribution in [-0.2, 0) is 0 Å². The number of carbonyl (C=O) groups is 1. The maximum Gasteiger partial charge on any atom is 0.257 e. The molecule has 4 nitrogen and oxygen atoms in total. The van der Waals surface area contributed by atoms with Crippen molar-refractivity contribution in [2.75, 3.05) is 10.6 Å². The largest absolute Gasteiger partial charge is 0.355 e. The number of aryl methyl sites for hydroxylation is 1. The Hall–Kier alpha value is -3.25. The van der Waals surface area contributed by atoms with E-state index in [1.165, 1.54) is 23.5 Å². The summed E-state index contributed by atoms with van der Waals surface area (Å²) in [6.45, 7) is 1.98. The molecular formula is C21H16FN3OS. The van der Waals surface area contributed by atoms with E-state index < -0.39 is 0 Å². The molecule has 3 aromatic carbocycles. The Kier molecular flexibility index (Phi) is 4.56. The molecule has 0 aliphatic rings.